The molecule has 1 aromatic rings. The van der Waals surface area contributed by atoms with E-state index >= 15 is 0 Å². The molecule has 0 bridgehead atoms. The van der Waals surface area contributed by atoms with Crippen LogP contribution in [0.3, 0.4) is 0 Å². The van der Waals surface area contributed by atoms with Crippen LogP contribution in [0.5, 0.6) is 0 Å². The Morgan fingerprint density at radius 2 is 2.40 bits per heavy atom. The van der Waals surface area contributed by atoms with Crippen LogP contribution in [-0.4, -0.2) is 34.2 Å². The number of fused-ring (bicyclic) bond motifs is 3. The lowest BCUT2D eigenvalue weighted by Gasteiger charge is -2.31. The van der Waals surface area contributed by atoms with Gasteiger partial charge in [0.05, 0.1) is 18.7 Å². The van der Waals surface area contributed by atoms with Crippen molar-refractivity contribution in [3.8, 4) is 0 Å². The fourth-order valence-electron chi connectivity index (χ4n) is 2.84. The first kappa shape index (κ1) is 13.3. The number of hydrogen-bond acceptors (Lipinski definition) is 4. The Hall–Kier alpha value is -1.69. The van der Waals surface area contributed by atoms with E-state index in [1.807, 2.05) is 0 Å². The van der Waals surface area contributed by atoms with Crippen LogP contribution in [0.4, 0.5) is 0 Å². The van der Waals surface area contributed by atoms with E-state index in [9.17, 15) is 9.59 Å². The average molecular weight is 292 g/mol. The minimum atomic E-state index is -0.907. The van der Waals surface area contributed by atoms with Gasteiger partial charge >= 0.3 is 5.97 Å². The Kier molecular flexibility index (Phi) is 3.33. The maximum absolute atomic E-state index is 12.0. The van der Waals surface area contributed by atoms with Crippen LogP contribution in [0.2, 0.25) is 0 Å². The second kappa shape index (κ2) is 5.01. The third kappa shape index (κ3) is 2.35. The maximum Gasteiger partial charge on any atom is 0.305 e. The lowest BCUT2D eigenvalue weighted by Crippen LogP contribution is -2.39. The van der Waals surface area contributed by atoms with Crippen molar-refractivity contribution in [2.24, 2.45) is 11.0 Å². The molecule has 5 nitrogen and oxygen atoms in total. The Morgan fingerprint density at radius 1 is 1.60 bits per heavy atom. The van der Waals surface area contributed by atoms with E-state index in [1.165, 1.54) is 14.8 Å². The molecule has 1 aliphatic heterocycles. The van der Waals surface area contributed by atoms with E-state index in [0.717, 1.165) is 24.1 Å². The summed E-state index contributed by atoms with van der Waals surface area (Å²) >= 11 is 1.79. The van der Waals surface area contributed by atoms with Gasteiger partial charge in [0.25, 0.3) is 0 Å². The van der Waals surface area contributed by atoms with Crippen LogP contribution in [0.25, 0.3) is 0 Å². The van der Waals surface area contributed by atoms with Crippen molar-refractivity contribution in [2.45, 2.75) is 32.6 Å². The van der Waals surface area contributed by atoms with E-state index in [0.29, 0.717) is 6.42 Å². The minimum Gasteiger partial charge on any atom is -0.481 e. The van der Waals surface area contributed by atoms with Gasteiger partial charge in [-0.1, -0.05) is 0 Å². The number of rotatable bonds is 3. The summed E-state index contributed by atoms with van der Waals surface area (Å²) in [6, 6.07) is 2.14. The summed E-state index contributed by atoms with van der Waals surface area (Å²) < 4.78 is 0. The molecule has 0 aromatic carbocycles. The van der Waals surface area contributed by atoms with Gasteiger partial charge in [0.1, 0.15) is 0 Å². The second-order valence-electron chi connectivity index (χ2n) is 5.28. The molecule has 6 heteroatoms. The van der Waals surface area contributed by atoms with E-state index in [1.54, 1.807) is 11.3 Å². The van der Waals surface area contributed by atoms with Crippen molar-refractivity contribution in [3.05, 3.63) is 21.4 Å². The van der Waals surface area contributed by atoms with Gasteiger partial charge in [-0.05, 0) is 25.8 Å². The van der Waals surface area contributed by atoms with Crippen molar-refractivity contribution < 1.29 is 14.7 Å². The highest BCUT2D eigenvalue weighted by Crippen LogP contribution is 2.36. The molecule has 106 valence electrons. The molecule has 0 saturated heterocycles. The van der Waals surface area contributed by atoms with Crippen LogP contribution in [0, 0.1) is 12.8 Å². The van der Waals surface area contributed by atoms with Crippen LogP contribution >= 0.6 is 11.3 Å². The largest absolute Gasteiger partial charge is 0.481 e. The zero-order chi connectivity index (χ0) is 14.3. The van der Waals surface area contributed by atoms with Crippen molar-refractivity contribution >= 4 is 28.9 Å². The number of carbonyl (C=O) groups excluding carboxylic acids is 1. The topological polar surface area (TPSA) is 70.0 Å². The molecule has 1 aliphatic carbocycles. The number of aryl methyl sites for hydroxylation is 2. The fourth-order valence-corrected chi connectivity index (χ4v) is 3.90. The van der Waals surface area contributed by atoms with Crippen LogP contribution < -0.4 is 0 Å². The Bertz CT molecular complexity index is 606. The minimum absolute atomic E-state index is 0.0598. The normalized spacial score (nSPS) is 21.2. The summed E-state index contributed by atoms with van der Waals surface area (Å²) in [7, 11) is 0. The van der Waals surface area contributed by atoms with Crippen LogP contribution in [0.1, 0.15) is 34.6 Å². The predicted molar refractivity (Wildman–Crippen MR) is 76.0 cm³/mol. The van der Waals surface area contributed by atoms with E-state index < -0.39 is 5.97 Å². The molecule has 20 heavy (non-hydrogen) atoms. The Morgan fingerprint density at radius 3 is 3.15 bits per heavy atom. The molecule has 1 aromatic heterocycles. The molecular formula is C14H16N2O3S. The first-order chi connectivity index (χ1) is 9.54. The number of carbonyl (C=O) groups is 2. The Labute approximate surface area is 120 Å². The van der Waals surface area contributed by atoms with E-state index in [2.05, 4.69) is 18.1 Å². The van der Waals surface area contributed by atoms with Gasteiger partial charge in [-0.15, -0.1) is 11.3 Å². The van der Waals surface area contributed by atoms with Crippen molar-refractivity contribution in [1.29, 1.82) is 0 Å². The predicted octanol–water partition coefficient (Wildman–Crippen LogP) is 2.03. The fraction of sp³-hybridized carbons (Fsp3) is 0.500. The number of amides is 1. The van der Waals surface area contributed by atoms with Crippen LogP contribution in [-0.2, 0) is 16.0 Å². The summed E-state index contributed by atoms with van der Waals surface area (Å²) in [6.45, 7) is 2.23. The second-order valence-corrected chi connectivity index (χ2v) is 6.62. The van der Waals surface area contributed by atoms with Gasteiger partial charge in [-0.25, -0.2) is 5.01 Å². The number of hydrazone groups is 1. The quantitative estimate of drug-likeness (QED) is 0.926. The van der Waals surface area contributed by atoms with Gasteiger partial charge < -0.3 is 5.11 Å². The van der Waals surface area contributed by atoms with Crippen molar-refractivity contribution in [1.82, 2.24) is 5.01 Å². The third-order valence-electron chi connectivity index (χ3n) is 3.79. The number of thiophene rings is 1. The van der Waals surface area contributed by atoms with Gasteiger partial charge in [0.2, 0.25) is 5.91 Å². The average Bonchev–Trinajstić information content (AvgIpc) is 2.77. The number of hydrogen-bond donors (Lipinski definition) is 1. The van der Waals surface area contributed by atoms with Crippen molar-refractivity contribution in [2.75, 3.05) is 6.54 Å². The molecular weight excluding hydrogens is 276 g/mol. The summed E-state index contributed by atoms with van der Waals surface area (Å²) in [5.41, 5.74) is 2.14. The number of carboxylic acid groups (broad SMARTS) is 1. The number of aliphatic carboxylic acids is 1. The molecule has 1 atom stereocenters. The summed E-state index contributed by atoms with van der Waals surface area (Å²) in [5.74, 6) is -0.767. The zero-order valence-electron chi connectivity index (χ0n) is 11.3. The highest BCUT2D eigenvalue weighted by molar-refractivity contribution is 7.12. The molecule has 1 amide bonds. The standard InChI is InChI=1S/C14H16N2O3S/c1-8-6-10-11(20-8)3-2-9-7-12(17)16(15-14(9)10)5-4-13(18)19/h6,9H,2-5,7H2,1H3,(H,18,19). The maximum atomic E-state index is 12.0. The van der Waals surface area contributed by atoms with Crippen molar-refractivity contribution in [3.63, 3.8) is 0 Å². The molecule has 0 spiro atoms. The number of nitrogens with zero attached hydrogens (tertiary/aromatic N) is 2. The smallest absolute Gasteiger partial charge is 0.305 e. The monoisotopic (exact) mass is 292 g/mol. The van der Waals surface area contributed by atoms with Gasteiger partial charge in [-0.3, -0.25) is 9.59 Å². The first-order valence-electron chi connectivity index (χ1n) is 6.75. The van der Waals surface area contributed by atoms with Crippen LogP contribution in [0.15, 0.2) is 11.2 Å². The summed E-state index contributed by atoms with van der Waals surface area (Å²) in [6.07, 6.45) is 2.36. The third-order valence-corrected chi connectivity index (χ3v) is 4.90. The Balaban J connectivity index is 1.91. The SMILES string of the molecule is Cc1cc2c(s1)CCC1CC(=O)N(CCC(=O)O)N=C21. The summed E-state index contributed by atoms with van der Waals surface area (Å²) in [5, 5.41) is 14.5. The summed E-state index contributed by atoms with van der Waals surface area (Å²) in [4.78, 5) is 25.3. The molecule has 0 radical (unpaired) electrons. The van der Waals surface area contributed by atoms with Gasteiger partial charge in [0, 0.05) is 27.7 Å². The highest BCUT2D eigenvalue weighted by atomic mass is 32.1. The van der Waals surface area contributed by atoms with E-state index in [4.69, 9.17) is 5.11 Å². The zero-order valence-corrected chi connectivity index (χ0v) is 12.1. The van der Waals surface area contributed by atoms with E-state index in [-0.39, 0.29) is 24.8 Å². The number of carboxylic acids is 1. The lowest BCUT2D eigenvalue weighted by atomic mass is 9.83. The van der Waals surface area contributed by atoms with Gasteiger partial charge in [0.15, 0.2) is 0 Å². The van der Waals surface area contributed by atoms with Gasteiger partial charge in [-0.2, -0.15) is 5.10 Å². The highest BCUT2D eigenvalue weighted by Gasteiger charge is 2.34. The molecule has 1 N–H and O–H groups in total. The molecule has 2 heterocycles. The molecule has 0 fully saturated rings. The first-order valence-corrected chi connectivity index (χ1v) is 7.56. The lowest BCUT2D eigenvalue weighted by molar-refractivity contribution is -0.139. The molecule has 3 rings (SSSR count). The molecule has 0 saturated carbocycles. The molecule has 2 aliphatic rings. The molecule has 1 unspecified atom stereocenters.